The lowest BCUT2D eigenvalue weighted by Gasteiger charge is -2.39. The molecule has 49 heteroatoms. The van der Waals surface area contributed by atoms with Gasteiger partial charge in [-0.15, -0.1) is 0 Å². The molecule has 0 unspecified atom stereocenters. The number of primary amides is 1. The number of carboxylic acid groups (broad SMARTS) is 1. The lowest BCUT2D eigenvalue weighted by atomic mass is 9.84. The topological polar surface area (TPSA) is 767 Å². The number of aliphatic hydroxyl groups excluding tert-OH is 4. The van der Waals surface area contributed by atoms with Crippen LogP contribution in [0.3, 0.4) is 0 Å². The number of aliphatic hydroxyl groups is 4. The van der Waals surface area contributed by atoms with E-state index in [1.165, 1.54) is 39.6 Å². The van der Waals surface area contributed by atoms with Gasteiger partial charge in [-0.2, -0.15) is 11.8 Å². The fraction of sp³-hybridized carbons (Fsp3) is 0.620. The van der Waals surface area contributed by atoms with Crippen LogP contribution in [0.15, 0.2) is 35.3 Å². The molecule has 0 aromatic heterocycles. The third-order valence-electron chi connectivity index (χ3n) is 17.4. The molecule has 0 fully saturated rings. The van der Waals surface area contributed by atoms with Crippen molar-refractivity contribution in [1.82, 2.24) is 95.3 Å². The number of likely N-dealkylation sites (N-methyl/N-ethyl adjacent to an activating group) is 1. The molecule has 0 radical (unpaired) electrons. The monoisotopic (exact) mass is 1720 g/mol. The Labute approximate surface area is 695 Å². The van der Waals surface area contributed by atoms with Crippen LogP contribution in [0.25, 0.3) is 0 Å². The summed E-state index contributed by atoms with van der Waals surface area (Å²) in [5.74, 6) is -22.0. The van der Waals surface area contributed by atoms with Gasteiger partial charge in [0.05, 0.1) is 84.2 Å². The number of aliphatic carboxylic acids is 1. The predicted molar refractivity (Wildman–Crippen MR) is 427 cm³/mol. The lowest BCUT2D eigenvalue weighted by Crippen LogP contribution is -2.64. The Morgan fingerprint density at radius 3 is 1.32 bits per heavy atom. The molecular weight excluding hydrogens is 1610 g/mol. The number of carboxylic acids is 1. The average molecular weight is 1720 g/mol. The first kappa shape index (κ1) is 106. The van der Waals surface area contributed by atoms with Crippen LogP contribution in [0.4, 0.5) is 0 Å². The van der Waals surface area contributed by atoms with E-state index in [2.05, 4.69) is 90.1 Å². The van der Waals surface area contributed by atoms with Gasteiger partial charge < -0.3 is 144 Å². The number of carbonyl (C=O) groups excluding carboxylic acids is 19. The highest BCUT2D eigenvalue weighted by Crippen LogP contribution is 2.25. The summed E-state index contributed by atoms with van der Waals surface area (Å²) in [6.07, 6.45) is -0.877. The van der Waals surface area contributed by atoms with Crippen LogP contribution in [0.2, 0.25) is 0 Å². The number of benzene rings is 1. The van der Waals surface area contributed by atoms with Gasteiger partial charge in [-0.1, -0.05) is 85.2 Å². The van der Waals surface area contributed by atoms with Gasteiger partial charge in [0.2, 0.25) is 112 Å². The number of nitrogens with two attached hydrogens (primary N) is 4. The lowest BCUT2D eigenvalue weighted by molar-refractivity contribution is -0.147. The summed E-state index contributed by atoms with van der Waals surface area (Å²) in [4.78, 5) is 267. The SMILES string of the molecule is CC[C@H](C)[C@H](NC(=O)[C@@H](NC(=O)[C@@H](NC(=O)[C@H](CCCN=C(N)N)NC(=O)[C@H](Cc1ccccc1)NC(=O)[C@@H](N(C)C(=O)[C@H](CO)NC(=O)CNC(=O)[C@@H](N)CCSC)C(C)(C)C)C(C)C)[C@@H](C)O)C(=O)N[C@@H](CC(N)=O)C(=O)N[C@@H](CO)C(=O)NCC(=O)NCC(=O)NCC(=O)N[C@@H](CO)C(=O)NCC(=O)NCC(=O)NCC(=O)NCC(=O)O. The van der Waals surface area contributed by atoms with Gasteiger partial charge in [0.1, 0.15) is 67.0 Å². The zero-order valence-electron chi connectivity index (χ0n) is 68.4. The number of nitrogens with zero attached hydrogens (tertiary/aromatic N) is 2. The maximum atomic E-state index is 14.8. The maximum Gasteiger partial charge on any atom is 0.322 e. The molecule has 19 amide bonds. The molecule has 1 rings (SSSR count). The van der Waals surface area contributed by atoms with Crippen molar-refractivity contribution in [3.63, 3.8) is 0 Å². The Balaban J connectivity index is 3.30. The number of hydrogen-bond acceptors (Lipinski definition) is 27. The zero-order valence-corrected chi connectivity index (χ0v) is 69.2. The summed E-state index contributed by atoms with van der Waals surface area (Å²) in [7, 11) is 1.24. The smallest absolute Gasteiger partial charge is 0.322 e. The number of thioether (sulfide) groups is 1. The van der Waals surface area contributed by atoms with Crippen molar-refractivity contribution in [3.8, 4) is 0 Å². The summed E-state index contributed by atoms with van der Waals surface area (Å²) >= 11 is 1.46. The number of carbonyl (C=O) groups is 20. The Kier molecular flexibility index (Phi) is 48.5. The van der Waals surface area contributed by atoms with Gasteiger partial charge in [-0.3, -0.25) is 101 Å². The maximum absolute atomic E-state index is 14.8. The van der Waals surface area contributed by atoms with Crippen molar-refractivity contribution in [2.75, 3.05) is 97.8 Å². The molecule has 120 heavy (non-hydrogen) atoms. The van der Waals surface area contributed by atoms with Gasteiger partial charge >= 0.3 is 5.97 Å². The van der Waals surface area contributed by atoms with Gasteiger partial charge in [0.25, 0.3) is 0 Å². The summed E-state index contributed by atoms with van der Waals surface area (Å²) in [5.41, 5.74) is 21.9. The van der Waals surface area contributed by atoms with Crippen molar-refractivity contribution in [2.45, 2.75) is 166 Å². The molecule has 0 saturated carbocycles. The van der Waals surface area contributed by atoms with Crippen molar-refractivity contribution in [2.24, 2.45) is 45.2 Å². The largest absolute Gasteiger partial charge is 0.480 e. The van der Waals surface area contributed by atoms with Gasteiger partial charge in [0, 0.05) is 20.0 Å². The van der Waals surface area contributed by atoms with E-state index in [1.807, 2.05) is 11.6 Å². The first-order valence-electron chi connectivity index (χ1n) is 37.7. The van der Waals surface area contributed by atoms with Crippen molar-refractivity contribution in [1.29, 1.82) is 0 Å². The van der Waals surface area contributed by atoms with Crippen LogP contribution in [-0.2, 0) is 102 Å². The van der Waals surface area contributed by atoms with E-state index >= 15 is 0 Å². The zero-order chi connectivity index (χ0) is 91.3. The number of aliphatic imine (C=N–C) groups is 1. The standard InChI is InChI=1S/C71H117N23O25S/c1-11-36(4)56(66(116)88-42(23-46(73)99)64(114)90-44(33-96)61(111)84-28-51(104)79-25-48(101)80-29-52(105)85-43(32-95)60(110)83-27-50(103)78-24-47(100)77-26-49(102)81-31-54(107)108)92-67(117)57(37(5)98)93-65(115)55(35(2)3)91-62(112)40(18-15-20-76-70(74)75)87-63(113)41(22-38-16-13-12-14-17-38)89-68(118)58(71(6,7)8)94(9)69(119)45(34-97)86-53(106)30-82-59(109)39(72)19-21-120-10/h12-14,16-17,35-37,39-45,55-58,95-98H,11,15,18-34,72H2,1-10H3,(H2,73,99)(H,77,100)(H,78,103)(H,79,104)(H,80,101)(H,81,102)(H,82,109)(H,83,110)(H,84,111)(H,85,105)(H,86,106)(H,87,113)(H,88,116)(H,89,118)(H,90,114)(H,91,112)(H,92,117)(H,93,115)(H,107,108)(H4,74,75,76)/t36-,37+,39-,40-,41-,42-,43-,44-,45-,55-,56-,57-,58+/m0/s1. The highest BCUT2D eigenvalue weighted by molar-refractivity contribution is 7.98. The van der Waals surface area contributed by atoms with E-state index in [9.17, 15) is 116 Å². The number of rotatable bonds is 55. The first-order chi connectivity index (χ1) is 56.2. The van der Waals surface area contributed by atoms with E-state index in [0.29, 0.717) is 17.7 Å². The van der Waals surface area contributed by atoms with Crippen LogP contribution in [0, 0.1) is 17.3 Å². The molecule has 1 aromatic rings. The molecule has 0 saturated heterocycles. The van der Waals surface area contributed by atoms with Crippen LogP contribution < -0.4 is 113 Å². The van der Waals surface area contributed by atoms with Gasteiger partial charge in [-0.05, 0) is 61.0 Å². The first-order valence-corrected chi connectivity index (χ1v) is 39.1. The predicted octanol–water partition coefficient (Wildman–Crippen LogP) is -13.5. The van der Waals surface area contributed by atoms with E-state index in [1.54, 1.807) is 58.0 Å². The molecule has 0 spiro atoms. The van der Waals surface area contributed by atoms with Gasteiger partial charge in [0.15, 0.2) is 5.96 Å². The van der Waals surface area contributed by atoms with Crippen molar-refractivity contribution in [3.05, 3.63) is 35.9 Å². The fourth-order valence-corrected chi connectivity index (χ4v) is 11.2. The van der Waals surface area contributed by atoms with Crippen LogP contribution in [0.1, 0.15) is 93.1 Å². The van der Waals surface area contributed by atoms with Crippen molar-refractivity contribution >= 4 is 136 Å². The molecule has 48 nitrogen and oxygen atoms in total. The second kappa shape index (κ2) is 54.9. The summed E-state index contributed by atoms with van der Waals surface area (Å²) in [6.45, 7) is 2.89. The minimum Gasteiger partial charge on any atom is -0.480 e. The fourth-order valence-electron chi connectivity index (χ4n) is 10.7. The van der Waals surface area contributed by atoms with E-state index < -0.39 is 287 Å². The molecule has 30 N–H and O–H groups in total. The van der Waals surface area contributed by atoms with E-state index in [-0.39, 0.29) is 38.2 Å². The second-order valence-electron chi connectivity index (χ2n) is 28.7. The van der Waals surface area contributed by atoms with E-state index in [4.69, 9.17) is 28.0 Å². The number of hydrogen-bond donors (Lipinski definition) is 26. The highest BCUT2D eigenvalue weighted by Gasteiger charge is 2.43. The van der Waals surface area contributed by atoms with Crippen LogP contribution in [-0.4, -0.2) is 325 Å². The van der Waals surface area contributed by atoms with E-state index in [0.717, 1.165) is 11.8 Å². The molecule has 672 valence electrons. The Hall–Kier alpha value is -12.0. The van der Waals surface area contributed by atoms with Crippen LogP contribution >= 0.6 is 11.8 Å². The Morgan fingerprint density at radius 1 is 0.467 bits per heavy atom. The number of guanidine groups is 1. The number of nitrogens with one attached hydrogen (secondary N) is 17. The second-order valence-corrected chi connectivity index (χ2v) is 29.7. The minimum absolute atomic E-state index is 0.0166. The third-order valence-corrected chi connectivity index (χ3v) is 18.0. The summed E-state index contributed by atoms with van der Waals surface area (Å²) in [5, 5.41) is 88.3. The minimum atomic E-state index is -1.94. The summed E-state index contributed by atoms with van der Waals surface area (Å²) in [6, 6.07) is -9.42. The third kappa shape index (κ3) is 40.9. The number of amides is 19. The van der Waals surface area contributed by atoms with Crippen molar-refractivity contribution < 1.29 is 121 Å². The molecular formula is C71H117N23O25S. The molecule has 13 atom stereocenters. The Morgan fingerprint density at radius 2 is 0.867 bits per heavy atom. The van der Waals surface area contributed by atoms with Crippen LogP contribution in [0.5, 0.6) is 0 Å². The molecule has 0 aliphatic heterocycles. The highest BCUT2D eigenvalue weighted by atomic mass is 32.2. The van der Waals surface area contributed by atoms with Gasteiger partial charge in [-0.25, -0.2) is 0 Å². The average Bonchev–Trinajstić information content (AvgIpc) is 0.807. The summed E-state index contributed by atoms with van der Waals surface area (Å²) < 4.78 is 0. The molecule has 0 bridgehead atoms. The quantitative estimate of drug-likeness (QED) is 0.0164. The molecule has 1 aromatic carbocycles. The molecule has 0 aliphatic carbocycles. The molecule has 0 aliphatic rings. The Bertz CT molecular complexity index is 3740. The normalized spacial score (nSPS) is 14.2. The molecule has 0 heterocycles.